The molecule has 0 fully saturated rings. The molecule has 0 saturated carbocycles. The van der Waals surface area contributed by atoms with E-state index >= 15 is 0 Å². The smallest absolute Gasteiger partial charge is 0.220 e. The molecule has 0 bridgehead atoms. The van der Waals surface area contributed by atoms with Gasteiger partial charge in [0.05, 0.1) is 13.0 Å². The van der Waals surface area contributed by atoms with Gasteiger partial charge in [0.15, 0.2) is 0 Å². The van der Waals surface area contributed by atoms with Crippen LogP contribution in [0, 0.1) is 5.41 Å². The van der Waals surface area contributed by atoms with Crippen molar-refractivity contribution in [1.82, 2.24) is 0 Å². The molecule has 0 atom stereocenters. The molecule has 4 N–H and O–H groups in total. The molecule has 0 aliphatic carbocycles. The first kappa shape index (κ1) is 15.3. The van der Waals surface area contributed by atoms with Gasteiger partial charge in [-0.15, -0.1) is 0 Å². The summed E-state index contributed by atoms with van der Waals surface area (Å²) in [6.45, 7) is 5.09. The Kier molecular flexibility index (Phi) is 5.63. The highest BCUT2D eigenvalue weighted by molar-refractivity contribution is 5.73. The number of nitrogens with two attached hydrogens (primary N) is 1. The fraction of sp³-hybridized carbons (Fsp3) is 0.500. The minimum absolute atomic E-state index is 0.133. The van der Waals surface area contributed by atoms with Crippen LogP contribution in [-0.4, -0.2) is 30.8 Å². The average Bonchev–Trinajstić information content (AvgIpc) is 2.37. The lowest BCUT2D eigenvalue weighted by atomic mass is 9.95. The number of hydrogen-bond acceptors (Lipinski definition) is 4. The molecule has 1 amide bonds. The van der Waals surface area contributed by atoms with E-state index in [0.29, 0.717) is 18.9 Å². The van der Waals surface area contributed by atoms with Crippen molar-refractivity contribution in [3.63, 3.8) is 0 Å². The number of anilines is 1. The van der Waals surface area contributed by atoms with Gasteiger partial charge in [-0.05, 0) is 24.3 Å². The highest BCUT2D eigenvalue weighted by atomic mass is 16.5. The molecular weight excluding hydrogens is 244 g/mol. The van der Waals surface area contributed by atoms with Crippen molar-refractivity contribution in [2.24, 2.45) is 11.1 Å². The van der Waals surface area contributed by atoms with Gasteiger partial charge in [0, 0.05) is 24.3 Å². The van der Waals surface area contributed by atoms with Crippen LogP contribution in [0.1, 0.15) is 20.3 Å². The van der Waals surface area contributed by atoms with Gasteiger partial charge in [-0.3, -0.25) is 4.79 Å². The van der Waals surface area contributed by atoms with Crippen LogP contribution in [-0.2, 0) is 4.79 Å². The summed E-state index contributed by atoms with van der Waals surface area (Å²) in [7, 11) is 0. The second-order valence-corrected chi connectivity index (χ2v) is 5.27. The van der Waals surface area contributed by atoms with Gasteiger partial charge in [0.2, 0.25) is 5.91 Å². The fourth-order valence-electron chi connectivity index (χ4n) is 1.34. The zero-order valence-electron chi connectivity index (χ0n) is 11.5. The van der Waals surface area contributed by atoms with E-state index in [9.17, 15) is 4.79 Å². The molecular formula is C14H22N2O3. The molecule has 0 aliphatic heterocycles. The third-order valence-electron chi connectivity index (χ3n) is 2.67. The Morgan fingerprint density at radius 2 is 2.00 bits per heavy atom. The largest absolute Gasteiger partial charge is 0.493 e. The highest BCUT2D eigenvalue weighted by Gasteiger charge is 2.15. The summed E-state index contributed by atoms with van der Waals surface area (Å²) in [4.78, 5) is 10.6. The number of carbonyl (C=O) groups is 1. The van der Waals surface area contributed by atoms with Crippen molar-refractivity contribution >= 4 is 11.6 Å². The molecule has 0 heterocycles. The predicted octanol–water partition coefficient (Wildman–Crippen LogP) is 1.37. The van der Waals surface area contributed by atoms with Crippen molar-refractivity contribution in [3.8, 4) is 5.75 Å². The molecule has 1 aromatic rings. The second kappa shape index (κ2) is 6.99. The first-order chi connectivity index (χ1) is 8.93. The van der Waals surface area contributed by atoms with E-state index in [2.05, 4.69) is 5.32 Å². The normalized spacial score (nSPS) is 11.1. The van der Waals surface area contributed by atoms with E-state index in [4.69, 9.17) is 15.6 Å². The van der Waals surface area contributed by atoms with Gasteiger partial charge in [-0.1, -0.05) is 13.8 Å². The van der Waals surface area contributed by atoms with Gasteiger partial charge < -0.3 is 20.9 Å². The topological polar surface area (TPSA) is 84.6 Å². The van der Waals surface area contributed by atoms with E-state index in [1.165, 1.54) is 0 Å². The number of amides is 1. The van der Waals surface area contributed by atoms with Gasteiger partial charge in [-0.25, -0.2) is 0 Å². The predicted molar refractivity (Wildman–Crippen MR) is 75.1 cm³/mol. The minimum Gasteiger partial charge on any atom is -0.493 e. The van der Waals surface area contributed by atoms with Crippen molar-refractivity contribution in [1.29, 1.82) is 0 Å². The Bertz CT molecular complexity index is 402. The number of nitrogens with one attached hydrogen (secondary N) is 1. The first-order valence-corrected chi connectivity index (χ1v) is 6.29. The highest BCUT2D eigenvalue weighted by Crippen LogP contribution is 2.19. The van der Waals surface area contributed by atoms with Gasteiger partial charge in [-0.2, -0.15) is 0 Å². The number of aliphatic hydroxyl groups excluding tert-OH is 1. The first-order valence-electron chi connectivity index (χ1n) is 6.29. The lowest BCUT2D eigenvalue weighted by Gasteiger charge is -2.22. The Labute approximate surface area is 113 Å². The van der Waals surface area contributed by atoms with Crippen LogP contribution in [0.15, 0.2) is 24.3 Å². The third-order valence-corrected chi connectivity index (χ3v) is 2.67. The van der Waals surface area contributed by atoms with Crippen LogP contribution in [0.4, 0.5) is 5.69 Å². The minimum atomic E-state index is -0.371. The molecule has 19 heavy (non-hydrogen) atoms. The molecule has 0 aliphatic rings. The van der Waals surface area contributed by atoms with Crippen LogP contribution < -0.4 is 15.8 Å². The van der Waals surface area contributed by atoms with E-state index in [1.807, 2.05) is 38.1 Å². The van der Waals surface area contributed by atoms with Crippen molar-refractivity contribution in [3.05, 3.63) is 24.3 Å². The van der Waals surface area contributed by atoms with Crippen LogP contribution >= 0.6 is 0 Å². The number of carbonyl (C=O) groups excluding carboxylic acids is 1. The number of primary amides is 1. The molecule has 106 valence electrons. The Hall–Kier alpha value is -1.75. The molecule has 1 aromatic carbocycles. The maximum Gasteiger partial charge on any atom is 0.220 e. The Morgan fingerprint density at radius 3 is 2.53 bits per heavy atom. The monoisotopic (exact) mass is 266 g/mol. The summed E-state index contributed by atoms with van der Waals surface area (Å²) < 4.78 is 5.37. The number of rotatable bonds is 8. The van der Waals surface area contributed by atoms with Crippen LogP contribution in [0.5, 0.6) is 5.75 Å². The van der Waals surface area contributed by atoms with Gasteiger partial charge >= 0.3 is 0 Å². The number of ether oxygens (including phenoxy) is 1. The van der Waals surface area contributed by atoms with Crippen LogP contribution in [0.25, 0.3) is 0 Å². The van der Waals surface area contributed by atoms with E-state index in [1.54, 1.807) is 0 Å². The van der Waals surface area contributed by atoms with E-state index in [-0.39, 0.29) is 24.3 Å². The summed E-state index contributed by atoms with van der Waals surface area (Å²) in [5.41, 5.74) is 5.83. The lowest BCUT2D eigenvalue weighted by molar-refractivity contribution is -0.118. The Balaban J connectivity index is 2.41. The zero-order valence-corrected chi connectivity index (χ0v) is 11.5. The van der Waals surface area contributed by atoms with E-state index in [0.717, 1.165) is 5.69 Å². The summed E-state index contributed by atoms with van der Waals surface area (Å²) in [6.07, 6.45) is 0.213. The van der Waals surface area contributed by atoms with Crippen LogP contribution in [0.3, 0.4) is 0 Å². The number of aliphatic hydroxyl groups is 1. The van der Waals surface area contributed by atoms with Crippen LogP contribution in [0.2, 0.25) is 0 Å². The van der Waals surface area contributed by atoms with Crippen molar-refractivity contribution < 1.29 is 14.6 Å². The molecule has 5 nitrogen and oxygen atoms in total. The second-order valence-electron chi connectivity index (χ2n) is 5.27. The summed E-state index contributed by atoms with van der Waals surface area (Å²) >= 11 is 0. The summed E-state index contributed by atoms with van der Waals surface area (Å²) in [6, 6.07) is 7.45. The number of benzene rings is 1. The molecule has 0 saturated heterocycles. The van der Waals surface area contributed by atoms with Crippen molar-refractivity contribution in [2.45, 2.75) is 20.3 Å². The quantitative estimate of drug-likeness (QED) is 0.663. The SMILES string of the molecule is CC(C)(CO)CNc1ccc(OCCC(N)=O)cc1. The molecule has 0 radical (unpaired) electrons. The molecule has 0 aromatic heterocycles. The van der Waals surface area contributed by atoms with E-state index < -0.39 is 0 Å². The fourth-order valence-corrected chi connectivity index (χ4v) is 1.34. The van der Waals surface area contributed by atoms with Gasteiger partial charge in [0.1, 0.15) is 5.75 Å². The lowest BCUT2D eigenvalue weighted by Crippen LogP contribution is -2.26. The summed E-state index contributed by atoms with van der Waals surface area (Å²) in [5, 5.41) is 12.4. The average molecular weight is 266 g/mol. The summed E-state index contributed by atoms with van der Waals surface area (Å²) in [5.74, 6) is 0.331. The molecule has 0 unspecified atom stereocenters. The maximum absolute atomic E-state index is 10.6. The molecule has 1 rings (SSSR count). The zero-order chi connectivity index (χ0) is 14.3. The number of hydrogen-bond donors (Lipinski definition) is 3. The third kappa shape index (κ3) is 6.10. The van der Waals surface area contributed by atoms with Gasteiger partial charge in [0.25, 0.3) is 0 Å². The molecule has 5 heteroatoms. The molecule has 0 spiro atoms. The maximum atomic E-state index is 10.6. The standard InChI is InChI=1S/C14H22N2O3/c1-14(2,10-17)9-16-11-3-5-12(6-4-11)19-8-7-13(15)18/h3-6,16-17H,7-10H2,1-2H3,(H2,15,18). The van der Waals surface area contributed by atoms with Crippen molar-refractivity contribution in [2.75, 3.05) is 25.1 Å². The Morgan fingerprint density at radius 1 is 1.37 bits per heavy atom.